The Balaban J connectivity index is 2.05. The maximum atomic E-state index is 12.2. The van der Waals surface area contributed by atoms with Gasteiger partial charge in [-0.1, -0.05) is 13.8 Å². The fourth-order valence-corrected chi connectivity index (χ4v) is 2.30. The van der Waals surface area contributed by atoms with Crippen LogP contribution in [0.15, 0.2) is 46.9 Å². The molecule has 0 saturated heterocycles. The predicted octanol–water partition coefficient (Wildman–Crippen LogP) is 4.71. The number of hydrogen-bond acceptors (Lipinski definition) is 4. The zero-order valence-electron chi connectivity index (χ0n) is 13.3. The molecule has 2 aromatic carbocycles. The van der Waals surface area contributed by atoms with Gasteiger partial charge in [0, 0.05) is 0 Å². The summed E-state index contributed by atoms with van der Waals surface area (Å²) in [6.45, 7) is 4.78. The van der Waals surface area contributed by atoms with E-state index in [0.717, 1.165) is 4.47 Å². The molecule has 0 amide bonds. The summed E-state index contributed by atoms with van der Waals surface area (Å²) in [5.74, 6) is 1.89. The van der Waals surface area contributed by atoms with Crippen LogP contribution >= 0.6 is 15.9 Å². The number of carbonyl (C=O) groups is 1. The SMILES string of the molecule is COc1ccc(OC(=O)c2ccc(OCC(C)C)c(Br)c2)cc1. The van der Waals surface area contributed by atoms with Gasteiger partial charge in [-0.3, -0.25) is 0 Å². The Morgan fingerprint density at radius 1 is 1.09 bits per heavy atom. The van der Waals surface area contributed by atoms with Gasteiger partial charge in [0.15, 0.2) is 0 Å². The van der Waals surface area contributed by atoms with E-state index < -0.39 is 5.97 Å². The Bertz CT molecular complexity index is 665. The van der Waals surface area contributed by atoms with Crippen LogP contribution in [0.1, 0.15) is 24.2 Å². The van der Waals surface area contributed by atoms with Gasteiger partial charge in [-0.15, -0.1) is 0 Å². The van der Waals surface area contributed by atoms with Crippen molar-refractivity contribution in [2.75, 3.05) is 13.7 Å². The quantitative estimate of drug-likeness (QED) is 0.539. The number of ether oxygens (including phenoxy) is 3. The van der Waals surface area contributed by atoms with Crippen molar-refractivity contribution in [3.05, 3.63) is 52.5 Å². The Morgan fingerprint density at radius 2 is 1.74 bits per heavy atom. The maximum Gasteiger partial charge on any atom is 0.343 e. The van der Waals surface area contributed by atoms with E-state index in [1.54, 1.807) is 49.6 Å². The van der Waals surface area contributed by atoms with Crippen molar-refractivity contribution in [2.45, 2.75) is 13.8 Å². The highest BCUT2D eigenvalue weighted by Crippen LogP contribution is 2.27. The average molecular weight is 379 g/mol. The summed E-state index contributed by atoms with van der Waals surface area (Å²) in [6, 6.07) is 12.0. The van der Waals surface area contributed by atoms with Gasteiger partial charge in [0.25, 0.3) is 0 Å². The van der Waals surface area contributed by atoms with Gasteiger partial charge < -0.3 is 14.2 Å². The van der Waals surface area contributed by atoms with Crippen molar-refractivity contribution in [2.24, 2.45) is 5.92 Å². The highest BCUT2D eigenvalue weighted by Gasteiger charge is 2.12. The number of esters is 1. The third-order valence-electron chi connectivity index (χ3n) is 3.01. The van der Waals surface area contributed by atoms with E-state index >= 15 is 0 Å². The molecule has 0 fully saturated rings. The average Bonchev–Trinajstić information content (AvgIpc) is 2.54. The van der Waals surface area contributed by atoms with Crippen LogP contribution in [0.25, 0.3) is 0 Å². The van der Waals surface area contributed by atoms with Crippen molar-refractivity contribution in [3.63, 3.8) is 0 Å². The molecule has 0 spiro atoms. The lowest BCUT2D eigenvalue weighted by molar-refractivity contribution is 0.0734. The summed E-state index contributed by atoms with van der Waals surface area (Å²) in [5, 5.41) is 0. The molecule has 0 bridgehead atoms. The van der Waals surface area contributed by atoms with Crippen molar-refractivity contribution in [1.29, 1.82) is 0 Å². The second-order valence-electron chi connectivity index (χ2n) is 5.42. The van der Waals surface area contributed by atoms with Gasteiger partial charge in [-0.05, 0) is 64.3 Å². The molecular formula is C18H19BrO4. The maximum absolute atomic E-state index is 12.2. The van der Waals surface area contributed by atoms with E-state index in [4.69, 9.17) is 14.2 Å². The molecule has 0 radical (unpaired) electrons. The van der Waals surface area contributed by atoms with Crippen LogP contribution in [-0.2, 0) is 0 Å². The number of halogens is 1. The lowest BCUT2D eigenvalue weighted by atomic mass is 10.2. The summed E-state index contributed by atoms with van der Waals surface area (Å²) in [4.78, 5) is 12.2. The molecule has 0 aliphatic heterocycles. The van der Waals surface area contributed by atoms with Crippen LogP contribution in [0.5, 0.6) is 17.2 Å². The van der Waals surface area contributed by atoms with Crippen molar-refractivity contribution in [1.82, 2.24) is 0 Å². The van der Waals surface area contributed by atoms with Crippen LogP contribution in [0.2, 0.25) is 0 Å². The minimum atomic E-state index is -0.425. The summed E-state index contributed by atoms with van der Waals surface area (Å²) in [5.41, 5.74) is 0.449. The summed E-state index contributed by atoms with van der Waals surface area (Å²) < 4.78 is 16.8. The number of carbonyl (C=O) groups excluding carboxylic acids is 1. The summed E-state index contributed by atoms with van der Waals surface area (Å²) >= 11 is 3.42. The third-order valence-corrected chi connectivity index (χ3v) is 3.63. The predicted molar refractivity (Wildman–Crippen MR) is 92.4 cm³/mol. The highest BCUT2D eigenvalue weighted by atomic mass is 79.9. The first kappa shape index (κ1) is 17.3. The van der Waals surface area contributed by atoms with Crippen LogP contribution in [0.4, 0.5) is 0 Å². The molecule has 5 heteroatoms. The second kappa shape index (κ2) is 8.02. The minimum absolute atomic E-state index is 0.425. The molecule has 122 valence electrons. The molecule has 0 saturated carbocycles. The molecular weight excluding hydrogens is 360 g/mol. The monoisotopic (exact) mass is 378 g/mol. The Labute approximate surface area is 144 Å². The van der Waals surface area contributed by atoms with Crippen molar-refractivity contribution >= 4 is 21.9 Å². The van der Waals surface area contributed by atoms with Gasteiger partial charge in [0.2, 0.25) is 0 Å². The number of rotatable bonds is 6. The van der Waals surface area contributed by atoms with Crippen LogP contribution in [0.3, 0.4) is 0 Å². The van der Waals surface area contributed by atoms with Gasteiger partial charge in [0.1, 0.15) is 17.2 Å². The molecule has 23 heavy (non-hydrogen) atoms. The smallest absolute Gasteiger partial charge is 0.343 e. The lowest BCUT2D eigenvalue weighted by Gasteiger charge is -2.11. The highest BCUT2D eigenvalue weighted by molar-refractivity contribution is 9.10. The Hall–Kier alpha value is -2.01. The van der Waals surface area contributed by atoms with E-state index in [1.165, 1.54) is 0 Å². The fraction of sp³-hybridized carbons (Fsp3) is 0.278. The molecule has 0 heterocycles. The molecule has 4 nitrogen and oxygen atoms in total. The van der Waals surface area contributed by atoms with Gasteiger partial charge in [-0.25, -0.2) is 4.79 Å². The van der Waals surface area contributed by atoms with E-state index in [0.29, 0.717) is 35.3 Å². The molecule has 0 aromatic heterocycles. The number of methoxy groups -OCH3 is 1. The molecule has 2 rings (SSSR count). The zero-order chi connectivity index (χ0) is 16.8. The Kier molecular flexibility index (Phi) is 6.04. The molecule has 0 unspecified atom stereocenters. The normalized spacial score (nSPS) is 10.5. The third kappa shape index (κ3) is 4.99. The first-order valence-electron chi connectivity index (χ1n) is 7.28. The van der Waals surface area contributed by atoms with Crippen LogP contribution in [0, 0.1) is 5.92 Å². The molecule has 0 N–H and O–H groups in total. The van der Waals surface area contributed by atoms with E-state index in [1.807, 2.05) is 0 Å². The first-order chi connectivity index (χ1) is 11.0. The lowest BCUT2D eigenvalue weighted by Crippen LogP contribution is -2.09. The molecule has 0 atom stereocenters. The summed E-state index contributed by atoms with van der Waals surface area (Å²) in [6.07, 6.45) is 0. The van der Waals surface area contributed by atoms with Crippen LogP contribution < -0.4 is 14.2 Å². The summed E-state index contributed by atoms with van der Waals surface area (Å²) in [7, 11) is 1.58. The van der Waals surface area contributed by atoms with Gasteiger partial charge in [0.05, 0.1) is 23.8 Å². The van der Waals surface area contributed by atoms with E-state index in [-0.39, 0.29) is 0 Å². The van der Waals surface area contributed by atoms with Gasteiger partial charge in [-0.2, -0.15) is 0 Å². The zero-order valence-corrected chi connectivity index (χ0v) is 14.9. The number of hydrogen-bond donors (Lipinski definition) is 0. The second-order valence-corrected chi connectivity index (χ2v) is 6.27. The Morgan fingerprint density at radius 3 is 2.30 bits per heavy atom. The molecule has 2 aromatic rings. The van der Waals surface area contributed by atoms with Crippen molar-refractivity contribution < 1.29 is 19.0 Å². The minimum Gasteiger partial charge on any atom is -0.497 e. The molecule has 0 aliphatic rings. The van der Waals surface area contributed by atoms with Crippen molar-refractivity contribution in [3.8, 4) is 17.2 Å². The van der Waals surface area contributed by atoms with Crippen LogP contribution in [-0.4, -0.2) is 19.7 Å². The van der Waals surface area contributed by atoms with Gasteiger partial charge >= 0.3 is 5.97 Å². The first-order valence-corrected chi connectivity index (χ1v) is 8.07. The fourth-order valence-electron chi connectivity index (χ4n) is 1.81. The largest absolute Gasteiger partial charge is 0.497 e. The molecule has 0 aliphatic carbocycles. The number of benzene rings is 2. The topological polar surface area (TPSA) is 44.8 Å². The van der Waals surface area contributed by atoms with E-state index in [2.05, 4.69) is 29.8 Å². The standard InChI is InChI=1S/C18H19BrO4/c1-12(2)11-22-17-9-4-13(10-16(17)19)18(20)23-15-7-5-14(21-3)6-8-15/h4-10,12H,11H2,1-3H3. The van der Waals surface area contributed by atoms with E-state index in [9.17, 15) is 4.79 Å².